The Bertz CT molecular complexity index is 979. The van der Waals surface area contributed by atoms with Gasteiger partial charge in [-0.15, -0.1) is 5.10 Å². The van der Waals surface area contributed by atoms with Gasteiger partial charge in [-0.2, -0.15) is 4.98 Å². The second-order valence-electron chi connectivity index (χ2n) is 6.40. The number of aromatic nitrogens is 4. The first-order valence-electron chi connectivity index (χ1n) is 8.26. The standard InChI is InChI=1S/C18H19N5O2/c1-10-8-11(2)15-13(9-10)14(5-7-25-15)20-17(24)16-21-18-19-6-4-12(3)23(18)22-16/h4,6,8-9,14H,5,7H2,1-3H3,(H,20,24). The number of nitrogens with one attached hydrogen (secondary N) is 1. The van der Waals surface area contributed by atoms with Crippen molar-refractivity contribution in [3.05, 3.63) is 52.6 Å². The van der Waals surface area contributed by atoms with Gasteiger partial charge in [-0.05, 0) is 32.4 Å². The number of benzene rings is 1. The molecule has 1 aliphatic heterocycles. The van der Waals surface area contributed by atoms with Crippen LogP contribution in [0, 0.1) is 20.8 Å². The third kappa shape index (κ3) is 2.71. The van der Waals surface area contributed by atoms with Crippen molar-refractivity contribution in [1.82, 2.24) is 24.9 Å². The zero-order chi connectivity index (χ0) is 17.6. The van der Waals surface area contributed by atoms with E-state index < -0.39 is 0 Å². The zero-order valence-corrected chi connectivity index (χ0v) is 14.4. The molecule has 0 fully saturated rings. The smallest absolute Gasteiger partial charge is 0.291 e. The number of aryl methyl sites for hydroxylation is 3. The molecule has 128 valence electrons. The van der Waals surface area contributed by atoms with Crippen molar-refractivity contribution in [2.45, 2.75) is 33.2 Å². The molecule has 0 bridgehead atoms. The van der Waals surface area contributed by atoms with Gasteiger partial charge in [0.1, 0.15) is 5.75 Å². The van der Waals surface area contributed by atoms with Crippen LogP contribution < -0.4 is 10.1 Å². The Morgan fingerprint density at radius 2 is 2.16 bits per heavy atom. The van der Waals surface area contributed by atoms with Crippen LogP contribution in [0.2, 0.25) is 0 Å². The summed E-state index contributed by atoms with van der Waals surface area (Å²) in [4.78, 5) is 21.0. The minimum absolute atomic E-state index is 0.115. The first kappa shape index (κ1) is 15.6. The van der Waals surface area contributed by atoms with E-state index in [0.29, 0.717) is 18.8 Å². The molecule has 2 aromatic heterocycles. The second kappa shape index (κ2) is 5.84. The largest absolute Gasteiger partial charge is 0.493 e. The van der Waals surface area contributed by atoms with Crippen LogP contribution in [-0.2, 0) is 0 Å². The molecule has 0 aliphatic carbocycles. The molecule has 1 N–H and O–H groups in total. The minimum atomic E-state index is -0.304. The molecule has 1 aromatic carbocycles. The van der Waals surface area contributed by atoms with E-state index in [1.807, 2.05) is 26.8 Å². The highest BCUT2D eigenvalue weighted by Gasteiger charge is 2.26. The fourth-order valence-electron chi connectivity index (χ4n) is 3.25. The molecule has 0 saturated heterocycles. The van der Waals surface area contributed by atoms with Crippen molar-refractivity contribution in [3.8, 4) is 5.75 Å². The Morgan fingerprint density at radius 1 is 1.32 bits per heavy atom. The van der Waals surface area contributed by atoms with Gasteiger partial charge in [0, 0.05) is 23.9 Å². The van der Waals surface area contributed by atoms with E-state index >= 15 is 0 Å². The van der Waals surface area contributed by atoms with Gasteiger partial charge in [0.05, 0.1) is 12.6 Å². The van der Waals surface area contributed by atoms with Crippen molar-refractivity contribution >= 4 is 11.7 Å². The molecular weight excluding hydrogens is 318 g/mol. The van der Waals surface area contributed by atoms with Crippen LogP contribution in [-0.4, -0.2) is 32.1 Å². The number of carbonyl (C=O) groups is 1. The Kier molecular flexibility index (Phi) is 3.63. The molecule has 0 radical (unpaired) electrons. The predicted octanol–water partition coefficient (Wildman–Crippen LogP) is 2.30. The van der Waals surface area contributed by atoms with Gasteiger partial charge in [-0.1, -0.05) is 17.7 Å². The van der Waals surface area contributed by atoms with Crippen LogP contribution in [0.1, 0.15) is 45.5 Å². The molecule has 1 unspecified atom stereocenters. The molecule has 3 heterocycles. The molecule has 1 atom stereocenters. The number of amides is 1. The van der Waals surface area contributed by atoms with Crippen LogP contribution in [0.3, 0.4) is 0 Å². The van der Waals surface area contributed by atoms with Gasteiger partial charge in [0.25, 0.3) is 11.7 Å². The predicted molar refractivity (Wildman–Crippen MR) is 91.8 cm³/mol. The van der Waals surface area contributed by atoms with Crippen molar-refractivity contribution < 1.29 is 9.53 Å². The van der Waals surface area contributed by atoms with E-state index in [4.69, 9.17) is 4.74 Å². The average Bonchev–Trinajstić information content (AvgIpc) is 3.01. The number of ether oxygens (including phenoxy) is 1. The van der Waals surface area contributed by atoms with E-state index in [1.165, 1.54) is 0 Å². The molecule has 1 amide bonds. The number of hydrogen-bond donors (Lipinski definition) is 1. The minimum Gasteiger partial charge on any atom is -0.493 e. The van der Waals surface area contributed by atoms with Gasteiger partial charge in [0.15, 0.2) is 0 Å². The Hall–Kier alpha value is -2.96. The maximum atomic E-state index is 12.7. The van der Waals surface area contributed by atoms with Crippen molar-refractivity contribution in [2.75, 3.05) is 6.61 Å². The second-order valence-corrected chi connectivity index (χ2v) is 6.40. The number of fused-ring (bicyclic) bond motifs is 2. The number of carbonyl (C=O) groups excluding carboxylic acids is 1. The summed E-state index contributed by atoms with van der Waals surface area (Å²) in [7, 11) is 0. The lowest BCUT2D eigenvalue weighted by Gasteiger charge is -2.28. The number of rotatable bonds is 2. The topological polar surface area (TPSA) is 81.4 Å². The van der Waals surface area contributed by atoms with Crippen LogP contribution >= 0.6 is 0 Å². The third-order valence-electron chi connectivity index (χ3n) is 4.41. The highest BCUT2D eigenvalue weighted by Crippen LogP contribution is 2.35. The summed E-state index contributed by atoms with van der Waals surface area (Å²) in [5.41, 5.74) is 4.11. The van der Waals surface area contributed by atoms with E-state index in [2.05, 4.69) is 32.5 Å². The highest BCUT2D eigenvalue weighted by atomic mass is 16.5. The van der Waals surface area contributed by atoms with Gasteiger partial charge in [-0.25, -0.2) is 9.50 Å². The number of nitrogens with zero attached hydrogens (tertiary/aromatic N) is 4. The highest BCUT2D eigenvalue weighted by molar-refractivity contribution is 5.91. The molecule has 7 nitrogen and oxygen atoms in total. The molecule has 25 heavy (non-hydrogen) atoms. The summed E-state index contributed by atoms with van der Waals surface area (Å²) in [5.74, 6) is 1.10. The summed E-state index contributed by atoms with van der Waals surface area (Å²) in [5, 5.41) is 7.31. The molecule has 0 spiro atoms. The van der Waals surface area contributed by atoms with Crippen LogP contribution in [0.15, 0.2) is 24.4 Å². The summed E-state index contributed by atoms with van der Waals surface area (Å²) >= 11 is 0. The van der Waals surface area contributed by atoms with Crippen molar-refractivity contribution in [3.63, 3.8) is 0 Å². The summed E-state index contributed by atoms with van der Waals surface area (Å²) in [6.07, 6.45) is 2.37. The van der Waals surface area contributed by atoms with Crippen molar-refractivity contribution in [2.24, 2.45) is 0 Å². The van der Waals surface area contributed by atoms with E-state index in [0.717, 1.165) is 28.1 Å². The van der Waals surface area contributed by atoms with Crippen LogP contribution in [0.4, 0.5) is 0 Å². The molecule has 3 aromatic rings. The molecule has 1 aliphatic rings. The molecule has 7 heteroatoms. The fraction of sp³-hybridized carbons (Fsp3) is 0.333. The number of hydrogen-bond acceptors (Lipinski definition) is 5. The van der Waals surface area contributed by atoms with E-state index in [9.17, 15) is 4.79 Å². The van der Waals surface area contributed by atoms with Crippen molar-refractivity contribution in [1.29, 1.82) is 0 Å². The fourth-order valence-corrected chi connectivity index (χ4v) is 3.25. The van der Waals surface area contributed by atoms with Gasteiger partial charge < -0.3 is 10.1 Å². The maximum Gasteiger partial charge on any atom is 0.291 e. The lowest BCUT2D eigenvalue weighted by atomic mass is 9.95. The lowest BCUT2D eigenvalue weighted by Crippen LogP contribution is -2.33. The van der Waals surface area contributed by atoms with Crippen LogP contribution in [0.25, 0.3) is 5.78 Å². The monoisotopic (exact) mass is 337 g/mol. The van der Waals surface area contributed by atoms with E-state index in [-0.39, 0.29) is 17.8 Å². The van der Waals surface area contributed by atoms with Gasteiger partial charge >= 0.3 is 0 Å². The quantitative estimate of drug-likeness (QED) is 0.776. The van der Waals surface area contributed by atoms with Gasteiger partial charge in [0.2, 0.25) is 5.82 Å². The first-order chi connectivity index (χ1) is 12.0. The SMILES string of the molecule is Cc1cc(C)c2c(c1)C(NC(=O)c1nc3nccc(C)n3n1)CCO2. The molecule has 0 saturated carbocycles. The Morgan fingerprint density at radius 3 is 2.96 bits per heavy atom. The summed E-state index contributed by atoms with van der Waals surface area (Å²) in [6.45, 7) is 6.53. The summed E-state index contributed by atoms with van der Waals surface area (Å²) in [6, 6.07) is 5.86. The van der Waals surface area contributed by atoms with Crippen LogP contribution in [0.5, 0.6) is 5.75 Å². The maximum absolute atomic E-state index is 12.7. The lowest BCUT2D eigenvalue weighted by molar-refractivity contribution is 0.0914. The molecule has 4 rings (SSSR count). The van der Waals surface area contributed by atoms with Gasteiger partial charge in [-0.3, -0.25) is 4.79 Å². The van der Waals surface area contributed by atoms with E-state index in [1.54, 1.807) is 10.7 Å². The Labute approximate surface area is 145 Å². The summed E-state index contributed by atoms with van der Waals surface area (Å²) < 4.78 is 7.36. The first-order valence-corrected chi connectivity index (χ1v) is 8.26. The molecular formula is C18H19N5O2. The third-order valence-corrected chi connectivity index (χ3v) is 4.41. The average molecular weight is 337 g/mol. The Balaban J connectivity index is 1.64. The zero-order valence-electron chi connectivity index (χ0n) is 14.4. The normalized spacial score (nSPS) is 16.4.